The summed E-state index contributed by atoms with van der Waals surface area (Å²) in [6.45, 7) is 9.89. The highest BCUT2D eigenvalue weighted by atomic mass is 16.5. The average Bonchev–Trinajstić information content (AvgIpc) is 3.19. The van der Waals surface area contributed by atoms with Gasteiger partial charge in [0.15, 0.2) is 0 Å². The molecule has 2 amide bonds. The molecule has 0 spiro atoms. The van der Waals surface area contributed by atoms with Crippen LogP contribution in [0.2, 0.25) is 0 Å². The zero-order valence-electron chi connectivity index (χ0n) is 19.6. The third-order valence-electron chi connectivity index (χ3n) is 6.48. The normalized spacial score (nSPS) is 18.6. The molecule has 4 heterocycles. The summed E-state index contributed by atoms with van der Waals surface area (Å²) in [5.74, 6) is 2.33. The minimum atomic E-state index is -0.0268. The van der Waals surface area contributed by atoms with E-state index in [1.807, 2.05) is 30.7 Å². The summed E-state index contributed by atoms with van der Waals surface area (Å²) >= 11 is 0. The first kappa shape index (κ1) is 22.2. The molecule has 0 saturated carbocycles. The molecule has 0 aliphatic carbocycles. The molecular weight excluding hydrogens is 408 g/mol. The Morgan fingerprint density at radius 1 is 1.19 bits per heavy atom. The van der Waals surface area contributed by atoms with E-state index in [4.69, 9.17) is 14.5 Å². The maximum absolute atomic E-state index is 13.4. The summed E-state index contributed by atoms with van der Waals surface area (Å²) in [6.07, 6.45) is 2.54. The van der Waals surface area contributed by atoms with Crippen molar-refractivity contribution in [3.8, 4) is 0 Å². The zero-order chi connectivity index (χ0) is 23.0. The number of carbonyl (C=O) groups is 2. The van der Waals surface area contributed by atoms with Crippen LogP contribution in [-0.4, -0.2) is 63.4 Å². The Balaban J connectivity index is 1.58. The van der Waals surface area contributed by atoms with Crippen LogP contribution in [0.25, 0.3) is 0 Å². The Hall–Kier alpha value is -2.97. The van der Waals surface area contributed by atoms with Crippen LogP contribution < -0.4 is 5.32 Å². The van der Waals surface area contributed by atoms with Gasteiger partial charge in [0.1, 0.15) is 23.0 Å². The highest BCUT2D eigenvalue weighted by Crippen LogP contribution is 2.31. The summed E-state index contributed by atoms with van der Waals surface area (Å²) < 4.78 is 5.34. The number of hydrogen-bond donors (Lipinski definition) is 1. The van der Waals surface area contributed by atoms with Gasteiger partial charge in [-0.05, 0) is 25.7 Å². The van der Waals surface area contributed by atoms with Gasteiger partial charge in [0.25, 0.3) is 5.91 Å². The molecule has 1 saturated heterocycles. The molecule has 9 heteroatoms. The van der Waals surface area contributed by atoms with Gasteiger partial charge >= 0.3 is 0 Å². The van der Waals surface area contributed by atoms with Crippen molar-refractivity contribution in [3.05, 3.63) is 34.1 Å². The van der Waals surface area contributed by atoms with Gasteiger partial charge < -0.3 is 19.6 Å². The molecule has 4 rings (SSSR count). The van der Waals surface area contributed by atoms with Crippen LogP contribution in [-0.2, 0) is 17.8 Å². The van der Waals surface area contributed by atoms with E-state index in [9.17, 15) is 9.59 Å². The highest BCUT2D eigenvalue weighted by molar-refractivity contribution is 5.96. The van der Waals surface area contributed by atoms with Crippen LogP contribution in [0.5, 0.6) is 0 Å². The molecule has 2 aromatic heterocycles. The Morgan fingerprint density at radius 3 is 2.66 bits per heavy atom. The number of aryl methyl sites for hydroxylation is 1. The van der Waals surface area contributed by atoms with Gasteiger partial charge in [0, 0.05) is 51.5 Å². The molecule has 1 fully saturated rings. The number of piperidine rings is 1. The van der Waals surface area contributed by atoms with Crippen LogP contribution in [0.15, 0.2) is 4.52 Å². The predicted molar refractivity (Wildman–Crippen MR) is 120 cm³/mol. The first-order valence-electron chi connectivity index (χ1n) is 11.4. The van der Waals surface area contributed by atoms with Gasteiger partial charge in [-0.3, -0.25) is 9.59 Å². The Morgan fingerprint density at radius 2 is 1.97 bits per heavy atom. The molecule has 0 aromatic carbocycles. The predicted octanol–water partition coefficient (Wildman–Crippen LogP) is 2.86. The van der Waals surface area contributed by atoms with E-state index in [2.05, 4.69) is 10.5 Å². The maximum atomic E-state index is 13.4. The second kappa shape index (κ2) is 8.88. The molecule has 0 unspecified atom stereocenters. The summed E-state index contributed by atoms with van der Waals surface area (Å²) in [6, 6.07) is 0. The molecule has 2 aliphatic rings. The average molecular weight is 441 g/mol. The summed E-state index contributed by atoms with van der Waals surface area (Å²) in [5, 5.41) is 7.30. The van der Waals surface area contributed by atoms with Crippen molar-refractivity contribution >= 4 is 17.6 Å². The van der Waals surface area contributed by atoms with Gasteiger partial charge in [-0.25, -0.2) is 9.97 Å². The lowest BCUT2D eigenvalue weighted by Gasteiger charge is -2.33. The first-order chi connectivity index (χ1) is 15.3. The molecule has 9 nitrogen and oxygen atoms in total. The number of aromatic nitrogens is 3. The van der Waals surface area contributed by atoms with E-state index in [0.717, 1.165) is 35.7 Å². The fourth-order valence-electron chi connectivity index (χ4n) is 4.67. The minimum absolute atomic E-state index is 0.0268. The van der Waals surface area contributed by atoms with Crippen molar-refractivity contribution in [1.29, 1.82) is 0 Å². The number of amides is 2. The molecule has 2 aromatic rings. The monoisotopic (exact) mass is 440 g/mol. The lowest BCUT2D eigenvalue weighted by Crippen LogP contribution is -2.40. The van der Waals surface area contributed by atoms with E-state index >= 15 is 0 Å². The molecule has 1 N–H and O–H groups in total. The quantitative estimate of drug-likeness (QED) is 0.779. The van der Waals surface area contributed by atoms with Gasteiger partial charge in [-0.1, -0.05) is 19.0 Å². The molecule has 0 radical (unpaired) electrons. The minimum Gasteiger partial charge on any atom is -0.373 e. The van der Waals surface area contributed by atoms with Crippen molar-refractivity contribution in [3.63, 3.8) is 0 Å². The number of nitrogens with one attached hydrogen (secondary N) is 1. The van der Waals surface area contributed by atoms with Gasteiger partial charge in [-0.15, -0.1) is 0 Å². The molecule has 0 bridgehead atoms. The fourth-order valence-corrected chi connectivity index (χ4v) is 4.67. The van der Waals surface area contributed by atoms with Crippen LogP contribution in [0.1, 0.15) is 84.3 Å². The molecule has 2 aliphatic heterocycles. The Bertz CT molecular complexity index is 1010. The van der Waals surface area contributed by atoms with Crippen molar-refractivity contribution in [1.82, 2.24) is 24.9 Å². The van der Waals surface area contributed by atoms with Crippen molar-refractivity contribution < 1.29 is 14.1 Å². The molecular formula is C23H32N6O3. The number of carbonyl (C=O) groups excluding carboxylic acids is 2. The van der Waals surface area contributed by atoms with Crippen LogP contribution in [0.4, 0.5) is 5.82 Å². The smallest absolute Gasteiger partial charge is 0.259 e. The number of anilines is 1. The summed E-state index contributed by atoms with van der Waals surface area (Å²) in [4.78, 5) is 38.6. The van der Waals surface area contributed by atoms with E-state index in [1.54, 1.807) is 13.8 Å². The number of rotatable bonds is 4. The zero-order valence-corrected chi connectivity index (χ0v) is 19.6. The Kier molecular flexibility index (Phi) is 6.17. The van der Waals surface area contributed by atoms with E-state index in [0.29, 0.717) is 49.6 Å². The van der Waals surface area contributed by atoms with Gasteiger partial charge in [0.05, 0.1) is 17.9 Å². The molecule has 1 atom stereocenters. The largest absolute Gasteiger partial charge is 0.373 e. The highest BCUT2D eigenvalue weighted by Gasteiger charge is 2.33. The van der Waals surface area contributed by atoms with Gasteiger partial charge in [-0.2, -0.15) is 0 Å². The first-order valence-corrected chi connectivity index (χ1v) is 11.4. The molecule has 32 heavy (non-hydrogen) atoms. The summed E-state index contributed by atoms with van der Waals surface area (Å²) in [7, 11) is 1.85. The van der Waals surface area contributed by atoms with Gasteiger partial charge in [0.2, 0.25) is 5.91 Å². The van der Waals surface area contributed by atoms with Crippen molar-refractivity contribution in [2.24, 2.45) is 0 Å². The van der Waals surface area contributed by atoms with Crippen molar-refractivity contribution in [2.45, 2.75) is 65.3 Å². The van der Waals surface area contributed by atoms with Crippen LogP contribution >= 0.6 is 0 Å². The lowest BCUT2D eigenvalue weighted by molar-refractivity contribution is -0.129. The van der Waals surface area contributed by atoms with Crippen LogP contribution in [0, 0.1) is 6.92 Å². The Labute approximate surface area is 188 Å². The third kappa shape index (κ3) is 4.08. The third-order valence-corrected chi connectivity index (χ3v) is 6.48. The lowest BCUT2D eigenvalue weighted by atomic mass is 9.95. The van der Waals surface area contributed by atoms with Crippen LogP contribution in [0.3, 0.4) is 0 Å². The topological polar surface area (TPSA) is 104 Å². The molecule has 172 valence electrons. The van der Waals surface area contributed by atoms with E-state index < -0.39 is 0 Å². The van der Waals surface area contributed by atoms with E-state index in [1.165, 1.54) is 0 Å². The fraction of sp³-hybridized carbons (Fsp3) is 0.609. The second-order valence-electron chi connectivity index (χ2n) is 9.04. The standard InChI is InChI=1S/C23H32N6O3/c1-13(2)20-19(14(3)32-27-20)23(31)29-9-6-7-16(11-29)21-25-18-8-10-28(15(4)30)12-17(18)22(24-5)26-21/h13,16H,6-12H2,1-5H3,(H,24,25,26)/t16-/m0/s1. The number of fused-ring (bicyclic) bond motifs is 1. The SMILES string of the molecule is CNc1nc([C@H]2CCCN(C(=O)c3c(C(C)C)noc3C)C2)nc2c1CN(C(C)=O)CC2. The number of hydrogen-bond acceptors (Lipinski definition) is 7. The van der Waals surface area contributed by atoms with Crippen molar-refractivity contribution in [2.75, 3.05) is 32.0 Å². The maximum Gasteiger partial charge on any atom is 0.259 e. The second-order valence-corrected chi connectivity index (χ2v) is 9.04. The summed E-state index contributed by atoms with van der Waals surface area (Å²) in [5.41, 5.74) is 3.29. The number of nitrogens with zero attached hydrogens (tertiary/aromatic N) is 5. The van der Waals surface area contributed by atoms with E-state index in [-0.39, 0.29) is 23.7 Å². The number of likely N-dealkylation sites (tertiary alicyclic amines) is 1.